The summed E-state index contributed by atoms with van der Waals surface area (Å²) in [4.78, 5) is 23.0. The Kier molecular flexibility index (Phi) is 5.63. The zero-order valence-electron chi connectivity index (χ0n) is 12.5. The molecule has 0 saturated heterocycles. The van der Waals surface area contributed by atoms with Gasteiger partial charge in [-0.15, -0.1) is 0 Å². The third-order valence-electron chi connectivity index (χ3n) is 3.44. The number of hydrogen-bond acceptors (Lipinski definition) is 5. The molecule has 0 aromatic heterocycles. The van der Waals surface area contributed by atoms with Gasteiger partial charge in [0.25, 0.3) is 0 Å². The molecule has 0 saturated carbocycles. The van der Waals surface area contributed by atoms with Crippen LogP contribution in [0.3, 0.4) is 0 Å². The molecule has 1 heterocycles. The number of esters is 1. The SMILES string of the molecule is CCCCOC(=O)CC(Cc1ccc2c(c1)OCO2)C(=O)O. The zero-order chi connectivity index (χ0) is 15.9. The van der Waals surface area contributed by atoms with Gasteiger partial charge in [-0.25, -0.2) is 0 Å². The fourth-order valence-electron chi connectivity index (χ4n) is 2.19. The van der Waals surface area contributed by atoms with Crippen molar-refractivity contribution in [3.8, 4) is 11.5 Å². The number of carboxylic acids is 1. The van der Waals surface area contributed by atoms with Gasteiger partial charge in [-0.05, 0) is 30.5 Å². The summed E-state index contributed by atoms with van der Waals surface area (Å²) in [5.74, 6) is -1.04. The van der Waals surface area contributed by atoms with E-state index in [1.807, 2.05) is 6.92 Å². The summed E-state index contributed by atoms with van der Waals surface area (Å²) in [7, 11) is 0. The van der Waals surface area contributed by atoms with Crippen molar-refractivity contribution in [2.45, 2.75) is 32.6 Å². The van der Waals surface area contributed by atoms with E-state index in [0.717, 1.165) is 18.4 Å². The van der Waals surface area contributed by atoms with Crippen LogP contribution in [-0.4, -0.2) is 30.4 Å². The Morgan fingerprint density at radius 1 is 1.32 bits per heavy atom. The summed E-state index contributed by atoms with van der Waals surface area (Å²) in [5, 5.41) is 9.28. The molecule has 1 aromatic rings. The summed E-state index contributed by atoms with van der Waals surface area (Å²) in [5.41, 5.74) is 0.790. The number of benzene rings is 1. The van der Waals surface area contributed by atoms with Gasteiger partial charge in [-0.2, -0.15) is 0 Å². The maximum absolute atomic E-state index is 11.7. The summed E-state index contributed by atoms with van der Waals surface area (Å²) in [6.07, 6.45) is 1.82. The van der Waals surface area contributed by atoms with E-state index in [4.69, 9.17) is 14.2 Å². The minimum Gasteiger partial charge on any atom is -0.481 e. The molecule has 120 valence electrons. The van der Waals surface area contributed by atoms with Crippen LogP contribution < -0.4 is 9.47 Å². The van der Waals surface area contributed by atoms with Crippen molar-refractivity contribution < 1.29 is 28.9 Å². The molecule has 6 heteroatoms. The van der Waals surface area contributed by atoms with Crippen LogP contribution in [0.2, 0.25) is 0 Å². The first-order valence-electron chi connectivity index (χ1n) is 7.37. The zero-order valence-corrected chi connectivity index (χ0v) is 12.5. The second kappa shape index (κ2) is 7.68. The number of hydrogen-bond donors (Lipinski definition) is 1. The Morgan fingerprint density at radius 2 is 2.09 bits per heavy atom. The number of aliphatic carboxylic acids is 1. The highest BCUT2D eigenvalue weighted by Gasteiger charge is 2.24. The average Bonchev–Trinajstić information content (AvgIpc) is 2.94. The van der Waals surface area contributed by atoms with Crippen molar-refractivity contribution in [1.82, 2.24) is 0 Å². The third-order valence-corrected chi connectivity index (χ3v) is 3.44. The molecule has 2 rings (SSSR count). The lowest BCUT2D eigenvalue weighted by molar-refractivity contribution is -0.151. The summed E-state index contributed by atoms with van der Waals surface area (Å²) >= 11 is 0. The van der Waals surface area contributed by atoms with E-state index in [9.17, 15) is 14.7 Å². The van der Waals surface area contributed by atoms with Gasteiger partial charge in [-0.1, -0.05) is 19.4 Å². The number of carbonyl (C=O) groups is 2. The fourth-order valence-corrected chi connectivity index (χ4v) is 2.19. The summed E-state index contributed by atoms with van der Waals surface area (Å²) in [6, 6.07) is 5.28. The second-order valence-corrected chi connectivity index (χ2v) is 5.21. The van der Waals surface area contributed by atoms with Gasteiger partial charge in [0, 0.05) is 0 Å². The highest BCUT2D eigenvalue weighted by Crippen LogP contribution is 2.33. The monoisotopic (exact) mass is 308 g/mol. The molecular formula is C16H20O6. The van der Waals surface area contributed by atoms with Crippen LogP contribution >= 0.6 is 0 Å². The van der Waals surface area contributed by atoms with Crippen molar-refractivity contribution in [2.75, 3.05) is 13.4 Å². The summed E-state index contributed by atoms with van der Waals surface area (Å²) < 4.78 is 15.5. The fraction of sp³-hybridized carbons (Fsp3) is 0.500. The quantitative estimate of drug-likeness (QED) is 0.586. The minimum atomic E-state index is -1.01. The first kappa shape index (κ1) is 16.1. The smallest absolute Gasteiger partial charge is 0.307 e. The molecule has 0 bridgehead atoms. The number of carbonyl (C=O) groups excluding carboxylic acids is 1. The Morgan fingerprint density at radius 3 is 2.82 bits per heavy atom. The van der Waals surface area contributed by atoms with Crippen LogP contribution in [0.4, 0.5) is 0 Å². The Balaban J connectivity index is 1.94. The van der Waals surface area contributed by atoms with E-state index >= 15 is 0 Å². The lowest BCUT2D eigenvalue weighted by atomic mass is 9.96. The van der Waals surface area contributed by atoms with Crippen LogP contribution in [0, 0.1) is 5.92 Å². The number of unbranched alkanes of at least 4 members (excludes halogenated alkanes) is 1. The van der Waals surface area contributed by atoms with Gasteiger partial charge in [0.05, 0.1) is 18.9 Å². The molecule has 0 amide bonds. The van der Waals surface area contributed by atoms with Gasteiger partial charge in [0.1, 0.15) is 0 Å². The van der Waals surface area contributed by atoms with Gasteiger partial charge >= 0.3 is 11.9 Å². The van der Waals surface area contributed by atoms with Gasteiger partial charge in [0.2, 0.25) is 6.79 Å². The Labute approximate surface area is 129 Å². The van der Waals surface area contributed by atoms with Gasteiger partial charge in [0.15, 0.2) is 11.5 Å². The van der Waals surface area contributed by atoms with Crippen molar-refractivity contribution >= 4 is 11.9 Å². The first-order valence-corrected chi connectivity index (χ1v) is 7.37. The standard InChI is InChI=1S/C16H20O6/c1-2-3-6-20-15(17)9-12(16(18)19)7-11-4-5-13-14(8-11)22-10-21-13/h4-5,8,12H,2-3,6-7,9-10H2,1H3,(H,18,19). The number of ether oxygens (including phenoxy) is 3. The topological polar surface area (TPSA) is 82.1 Å². The molecule has 1 aliphatic heterocycles. The maximum atomic E-state index is 11.7. The maximum Gasteiger partial charge on any atom is 0.307 e. The van der Waals surface area contributed by atoms with Crippen molar-refractivity contribution in [2.24, 2.45) is 5.92 Å². The molecule has 0 radical (unpaired) electrons. The lowest BCUT2D eigenvalue weighted by Gasteiger charge is -2.12. The Bertz CT molecular complexity index is 539. The van der Waals surface area contributed by atoms with Gasteiger partial charge < -0.3 is 19.3 Å². The largest absolute Gasteiger partial charge is 0.481 e. The molecule has 22 heavy (non-hydrogen) atoms. The highest BCUT2D eigenvalue weighted by molar-refractivity contribution is 5.79. The van der Waals surface area contributed by atoms with E-state index in [1.165, 1.54) is 0 Å². The molecule has 0 spiro atoms. The normalized spacial score (nSPS) is 13.7. The van der Waals surface area contributed by atoms with Crippen molar-refractivity contribution in [3.63, 3.8) is 0 Å². The summed E-state index contributed by atoms with van der Waals surface area (Å²) in [6.45, 7) is 2.50. The van der Waals surface area contributed by atoms with Crippen LogP contribution in [0.1, 0.15) is 31.7 Å². The second-order valence-electron chi connectivity index (χ2n) is 5.21. The van der Waals surface area contributed by atoms with Crippen LogP contribution in [0.15, 0.2) is 18.2 Å². The highest BCUT2D eigenvalue weighted by atomic mass is 16.7. The molecule has 0 aliphatic carbocycles. The number of rotatable bonds is 8. The van der Waals surface area contributed by atoms with E-state index in [1.54, 1.807) is 18.2 Å². The number of carboxylic acid groups (broad SMARTS) is 1. The van der Waals surface area contributed by atoms with Crippen LogP contribution in [0.5, 0.6) is 11.5 Å². The molecule has 1 aromatic carbocycles. The van der Waals surface area contributed by atoms with E-state index in [0.29, 0.717) is 18.1 Å². The predicted octanol–water partition coefficient (Wildman–Crippen LogP) is 2.39. The molecule has 0 fully saturated rings. The van der Waals surface area contributed by atoms with Crippen LogP contribution in [-0.2, 0) is 20.7 Å². The first-order chi connectivity index (χ1) is 10.6. The van der Waals surface area contributed by atoms with Gasteiger partial charge in [-0.3, -0.25) is 9.59 Å². The van der Waals surface area contributed by atoms with Crippen molar-refractivity contribution in [3.05, 3.63) is 23.8 Å². The Hall–Kier alpha value is -2.24. The molecule has 1 atom stereocenters. The molecule has 6 nitrogen and oxygen atoms in total. The average molecular weight is 308 g/mol. The number of fused-ring (bicyclic) bond motifs is 1. The molecule has 1 N–H and O–H groups in total. The lowest BCUT2D eigenvalue weighted by Crippen LogP contribution is -2.21. The molecule has 1 aliphatic rings. The van der Waals surface area contributed by atoms with E-state index < -0.39 is 17.9 Å². The van der Waals surface area contributed by atoms with E-state index in [-0.39, 0.29) is 19.6 Å². The molecule has 1 unspecified atom stereocenters. The van der Waals surface area contributed by atoms with E-state index in [2.05, 4.69) is 0 Å². The minimum absolute atomic E-state index is 0.131. The molecular weight excluding hydrogens is 288 g/mol. The van der Waals surface area contributed by atoms with Crippen LogP contribution in [0.25, 0.3) is 0 Å². The van der Waals surface area contributed by atoms with Crippen molar-refractivity contribution in [1.29, 1.82) is 0 Å². The predicted molar refractivity (Wildman–Crippen MR) is 77.9 cm³/mol. The third kappa shape index (κ3) is 4.38.